The number of carbonyl (C=O) groups is 1. The third-order valence-corrected chi connectivity index (χ3v) is 5.59. The first kappa shape index (κ1) is 15.4. The summed E-state index contributed by atoms with van der Waals surface area (Å²) in [6, 6.07) is 0. The molecular weight excluding hydrogens is 256 g/mol. The largest absolute Gasteiger partial charge is 0.480 e. The van der Waals surface area contributed by atoms with E-state index in [0.29, 0.717) is 19.0 Å². The predicted molar refractivity (Wildman–Crippen MR) is 68.9 cm³/mol. The molecule has 0 aliphatic carbocycles. The Bertz CT molecular complexity index is 375. The van der Waals surface area contributed by atoms with Gasteiger partial charge in [0.25, 0.3) is 0 Å². The van der Waals surface area contributed by atoms with Gasteiger partial charge in [0.1, 0.15) is 0 Å². The highest BCUT2D eigenvalue weighted by molar-refractivity contribution is 7.90. The van der Waals surface area contributed by atoms with Crippen LogP contribution in [0.4, 0.5) is 0 Å². The summed E-state index contributed by atoms with van der Waals surface area (Å²) in [5.74, 6) is -0.804. The fraction of sp³-hybridized carbons (Fsp3) is 0.909. The lowest BCUT2D eigenvalue weighted by atomic mass is 9.98. The summed E-state index contributed by atoms with van der Waals surface area (Å²) in [6.45, 7) is 5.93. The molecular formula is C11H22N2O4S. The quantitative estimate of drug-likeness (QED) is 0.720. The van der Waals surface area contributed by atoms with Gasteiger partial charge in [-0.25, -0.2) is 12.7 Å². The van der Waals surface area contributed by atoms with Gasteiger partial charge in [-0.05, 0) is 38.8 Å². The molecule has 1 saturated heterocycles. The fourth-order valence-electron chi connectivity index (χ4n) is 2.07. The minimum absolute atomic E-state index is 0.427. The molecule has 1 fully saturated rings. The Morgan fingerprint density at radius 3 is 2.44 bits per heavy atom. The van der Waals surface area contributed by atoms with Crippen molar-refractivity contribution in [1.82, 2.24) is 9.62 Å². The molecule has 1 atom stereocenters. The molecule has 6 nitrogen and oxygen atoms in total. The van der Waals surface area contributed by atoms with Gasteiger partial charge in [-0.15, -0.1) is 0 Å². The maximum Gasteiger partial charge on any atom is 0.323 e. The molecule has 18 heavy (non-hydrogen) atoms. The zero-order valence-corrected chi connectivity index (χ0v) is 11.7. The van der Waals surface area contributed by atoms with Gasteiger partial charge < -0.3 is 10.4 Å². The van der Waals surface area contributed by atoms with Gasteiger partial charge in [-0.3, -0.25) is 4.79 Å². The maximum absolute atomic E-state index is 12.0. The van der Waals surface area contributed by atoms with Crippen LogP contribution in [0.2, 0.25) is 0 Å². The molecule has 0 bridgehead atoms. The number of aliphatic carboxylic acids is 1. The SMILES string of the molecule is CCNCC1CCN(S(=O)(=O)C(C)C(=O)O)CC1. The van der Waals surface area contributed by atoms with Crippen LogP contribution in [0.25, 0.3) is 0 Å². The molecule has 0 spiro atoms. The van der Waals surface area contributed by atoms with Gasteiger partial charge in [0.2, 0.25) is 10.0 Å². The van der Waals surface area contributed by atoms with Crippen molar-refractivity contribution in [3.63, 3.8) is 0 Å². The van der Waals surface area contributed by atoms with Gasteiger partial charge in [0, 0.05) is 13.1 Å². The first-order valence-electron chi connectivity index (χ1n) is 6.32. The van der Waals surface area contributed by atoms with E-state index >= 15 is 0 Å². The topological polar surface area (TPSA) is 86.7 Å². The highest BCUT2D eigenvalue weighted by Crippen LogP contribution is 2.21. The van der Waals surface area contributed by atoms with Crippen molar-refractivity contribution >= 4 is 16.0 Å². The minimum atomic E-state index is -3.69. The number of rotatable bonds is 6. The lowest BCUT2D eigenvalue weighted by Gasteiger charge is -2.32. The van der Waals surface area contributed by atoms with Gasteiger partial charge >= 0.3 is 5.97 Å². The summed E-state index contributed by atoms with van der Waals surface area (Å²) >= 11 is 0. The Labute approximate surface area is 108 Å². The van der Waals surface area contributed by atoms with Gasteiger partial charge in [-0.1, -0.05) is 6.92 Å². The zero-order valence-electron chi connectivity index (χ0n) is 10.9. The summed E-state index contributed by atoms with van der Waals surface area (Å²) in [5, 5.41) is 10.7. The number of carboxylic acids is 1. The average molecular weight is 278 g/mol. The second-order valence-electron chi connectivity index (χ2n) is 4.68. The maximum atomic E-state index is 12.0. The third kappa shape index (κ3) is 3.66. The first-order chi connectivity index (χ1) is 8.39. The third-order valence-electron chi connectivity index (χ3n) is 3.41. The zero-order chi connectivity index (χ0) is 13.8. The molecule has 0 aromatic carbocycles. The van der Waals surface area contributed by atoms with E-state index in [0.717, 1.165) is 25.9 Å². The Morgan fingerprint density at radius 2 is 2.00 bits per heavy atom. The Kier molecular flexibility index (Phi) is 5.55. The first-order valence-corrected chi connectivity index (χ1v) is 7.82. The number of sulfonamides is 1. The van der Waals surface area contributed by atoms with Crippen molar-refractivity contribution < 1.29 is 18.3 Å². The Balaban J connectivity index is 2.54. The van der Waals surface area contributed by atoms with Crippen molar-refractivity contribution in [1.29, 1.82) is 0 Å². The van der Waals surface area contributed by atoms with Crippen molar-refractivity contribution in [2.24, 2.45) is 5.92 Å². The molecule has 1 aliphatic heterocycles. The standard InChI is InChI=1S/C11H22N2O4S/c1-3-12-8-10-4-6-13(7-5-10)18(16,17)9(2)11(14)15/h9-10,12H,3-8H2,1-2H3,(H,14,15). The average Bonchev–Trinajstić information content (AvgIpc) is 2.35. The van der Waals surface area contributed by atoms with Crippen molar-refractivity contribution in [2.45, 2.75) is 31.9 Å². The van der Waals surface area contributed by atoms with Crippen LogP contribution in [0.15, 0.2) is 0 Å². The minimum Gasteiger partial charge on any atom is -0.480 e. The summed E-state index contributed by atoms with van der Waals surface area (Å²) in [7, 11) is -3.69. The van der Waals surface area contributed by atoms with Gasteiger partial charge in [-0.2, -0.15) is 0 Å². The molecule has 1 aliphatic rings. The molecule has 0 radical (unpaired) electrons. The van der Waals surface area contributed by atoms with E-state index in [1.54, 1.807) is 0 Å². The van der Waals surface area contributed by atoms with Crippen LogP contribution in [-0.4, -0.2) is 55.2 Å². The molecule has 106 valence electrons. The normalized spacial score (nSPS) is 20.8. The van der Waals surface area contributed by atoms with E-state index in [-0.39, 0.29) is 0 Å². The van der Waals surface area contributed by atoms with Gasteiger partial charge in [0.15, 0.2) is 5.25 Å². The number of carboxylic acid groups (broad SMARTS) is 1. The summed E-state index contributed by atoms with van der Waals surface area (Å²) in [5.41, 5.74) is 0. The second kappa shape index (κ2) is 6.49. The molecule has 0 aromatic heterocycles. The van der Waals surface area contributed by atoms with Crippen LogP contribution < -0.4 is 5.32 Å². The summed E-state index contributed by atoms with van der Waals surface area (Å²) in [4.78, 5) is 10.8. The second-order valence-corrected chi connectivity index (χ2v) is 6.93. The molecule has 1 heterocycles. The highest BCUT2D eigenvalue weighted by atomic mass is 32.2. The van der Waals surface area contributed by atoms with Crippen molar-refractivity contribution in [2.75, 3.05) is 26.2 Å². The molecule has 0 amide bonds. The number of hydrogen-bond donors (Lipinski definition) is 2. The van der Waals surface area contributed by atoms with Gasteiger partial charge in [0.05, 0.1) is 0 Å². The number of nitrogens with zero attached hydrogens (tertiary/aromatic N) is 1. The molecule has 1 rings (SSSR count). The predicted octanol–water partition coefficient (Wildman–Crippen LogP) is 0.111. The van der Waals surface area contributed by atoms with Crippen LogP contribution in [0.1, 0.15) is 26.7 Å². The lowest BCUT2D eigenvalue weighted by molar-refractivity contribution is -0.136. The van der Waals surface area contributed by atoms with Crippen LogP contribution in [0.3, 0.4) is 0 Å². The van der Waals surface area contributed by atoms with Crippen LogP contribution >= 0.6 is 0 Å². The number of nitrogens with one attached hydrogen (secondary N) is 1. The Hall–Kier alpha value is -0.660. The van der Waals surface area contributed by atoms with E-state index in [1.807, 2.05) is 6.92 Å². The number of piperidine rings is 1. The van der Waals surface area contributed by atoms with Crippen molar-refractivity contribution in [3.8, 4) is 0 Å². The van der Waals surface area contributed by atoms with E-state index in [1.165, 1.54) is 11.2 Å². The van der Waals surface area contributed by atoms with Crippen LogP contribution in [-0.2, 0) is 14.8 Å². The van der Waals surface area contributed by atoms with E-state index in [9.17, 15) is 13.2 Å². The van der Waals surface area contributed by atoms with Crippen LogP contribution in [0, 0.1) is 5.92 Å². The van der Waals surface area contributed by atoms with Crippen LogP contribution in [0.5, 0.6) is 0 Å². The highest BCUT2D eigenvalue weighted by Gasteiger charge is 2.35. The lowest BCUT2D eigenvalue weighted by Crippen LogP contribution is -2.46. The van der Waals surface area contributed by atoms with E-state index < -0.39 is 21.2 Å². The summed E-state index contributed by atoms with van der Waals surface area (Å²) < 4.78 is 25.3. The van der Waals surface area contributed by atoms with Crippen molar-refractivity contribution in [3.05, 3.63) is 0 Å². The molecule has 0 aromatic rings. The molecule has 1 unspecified atom stereocenters. The fourth-order valence-corrected chi connectivity index (χ4v) is 3.49. The molecule has 7 heteroatoms. The van der Waals surface area contributed by atoms with E-state index in [4.69, 9.17) is 5.11 Å². The molecule has 0 saturated carbocycles. The summed E-state index contributed by atoms with van der Waals surface area (Å²) in [6.07, 6.45) is 1.58. The number of hydrogen-bond acceptors (Lipinski definition) is 4. The Morgan fingerprint density at radius 1 is 1.44 bits per heavy atom. The van der Waals surface area contributed by atoms with E-state index in [2.05, 4.69) is 5.32 Å². The monoisotopic (exact) mass is 278 g/mol. The molecule has 2 N–H and O–H groups in total. The smallest absolute Gasteiger partial charge is 0.323 e.